The summed E-state index contributed by atoms with van der Waals surface area (Å²) in [6.07, 6.45) is -2.58. The molecule has 0 radical (unpaired) electrons. The number of nitrogens with one attached hydrogen (secondary N) is 3. The second-order valence-electron chi connectivity index (χ2n) is 13.8. The van der Waals surface area contributed by atoms with Gasteiger partial charge in [0.15, 0.2) is 17.1 Å². The molecule has 3 amide bonds. The number of aromatic amines is 1. The molecule has 2 aromatic rings. The fourth-order valence-electron chi connectivity index (χ4n) is 6.57. The van der Waals surface area contributed by atoms with Gasteiger partial charge in [-0.15, -0.1) is 0 Å². The number of hydrogen-bond acceptors (Lipinski definition) is 8. The highest BCUT2D eigenvalue weighted by Gasteiger charge is 2.58. The Bertz CT molecular complexity index is 1500. The van der Waals surface area contributed by atoms with Gasteiger partial charge in [0.2, 0.25) is 11.8 Å². The Labute approximate surface area is 275 Å². The number of alkyl carbamates (subject to hydrolysis) is 1. The van der Waals surface area contributed by atoms with Crippen molar-refractivity contribution in [2.75, 3.05) is 26.8 Å². The van der Waals surface area contributed by atoms with Gasteiger partial charge in [0, 0.05) is 42.2 Å². The fourth-order valence-corrected chi connectivity index (χ4v) is 6.57. The van der Waals surface area contributed by atoms with E-state index in [-0.39, 0.29) is 67.8 Å². The van der Waals surface area contributed by atoms with Crippen molar-refractivity contribution in [2.24, 2.45) is 5.92 Å². The normalized spacial score (nSPS) is 23.8. The molecule has 0 unspecified atom stereocenters. The predicted molar refractivity (Wildman–Crippen MR) is 163 cm³/mol. The molecule has 0 bridgehead atoms. The number of alkyl halides is 3. The third-order valence-electron chi connectivity index (χ3n) is 9.27. The number of rotatable bonds is 9. The molecule has 3 aliphatic rings. The lowest BCUT2D eigenvalue weighted by Gasteiger charge is -2.42. The van der Waals surface area contributed by atoms with Crippen molar-refractivity contribution < 1.29 is 46.2 Å². The summed E-state index contributed by atoms with van der Waals surface area (Å²) in [5, 5.41) is 12.2. The van der Waals surface area contributed by atoms with Crippen LogP contribution in [0.1, 0.15) is 82.6 Å². The summed E-state index contributed by atoms with van der Waals surface area (Å²) in [5.74, 6) is -1.35. The van der Waals surface area contributed by atoms with Crippen molar-refractivity contribution in [1.29, 1.82) is 0 Å². The van der Waals surface area contributed by atoms with Crippen LogP contribution in [0.5, 0.6) is 5.88 Å². The SMILES string of the molecule is COc1cc(-c2cc(C(=O)N3CC[C@H](C(=O)N[C@H]4CC[C@@](OCCNC(=O)OC(C)(C)C)(C(F)(F)F)CC4)CC34CC4)n[nH]2)c(F)cn1. The molecular weight excluding hydrogens is 640 g/mol. The van der Waals surface area contributed by atoms with Gasteiger partial charge in [0.1, 0.15) is 5.60 Å². The Morgan fingerprint density at radius 1 is 1.08 bits per heavy atom. The van der Waals surface area contributed by atoms with Crippen LogP contribution in [-0.2, 0) is 14.3 Å². The first-order valence-corrected chi connectivity index (χ1v) is 16.1. The number of amides is 3. The minimum atomic E-state index is -4.62. The zero-order valence-electron chi connectivity index (χ0n) is 27.5. The number of pyridine rings is 1. The molecule has 2 aliphatic carbocycles. The van der Waals surface area contributed by atoms with Crippen molar-refractivity contribution in [3.8, 4) is 17.1 Å². The molecule has 5 rings (SSSR count). The van der Waals surface area contributed by atoms with Crippen LogP contribution >= 0.6 is 0 Å². The van der Waals surface area contributed by atoms with Gasteiger partial charge in [0.25, 0.3) is 5.91 Å². The number of methoxy groups -OCH3 is 1. The van der Waals surface area contributed by atoms with Gasteiger partial charge in [-0.25, -0.2) is 14.2 Å². The monoisotopic (exact) mass is 682 g/mol. The summed E-state index contributed by atoms with van der Waals surface area (Å²) in [6.45, 7) is 4.86. The van der Waals surface area contributed by atoms with Crippen molar-refractivity contribution in [1.82, 2.24) is 30.7 Å². The number of halogens is 4. The molecule has 3 fully saturated rings. The quantitative estimate of drug-likeness (QED) is 0.250. The van der Waals surface area contributed by atoms with Crippen LogP contribution in [0.4, 0.5) is 22.4 Å². The maximum absolute atomic E-state index is 14.4. The molecule has 1 atom stereocenters. The Morgan fingerprint density at radius 2 is 1.79 bits per heavy atom. The van der Waals surface area contributed by atoms with E-state index in [0.29, 0.717) is 37.9 Å². The first kappa shape index (κ1) is 35.4. The van der Waals surface area contributed by atoms with E-state index in [0.717, 1.165) is 6.20 Å². The van der Waals surface area contributed by atoms with E-state index < -0.39 is 46.8 Å². The van der Waals surface area contributed by atoms with Crippen molar-refractivity contribution >= 4 is 17.9 Å². The first-order valence-electron chi connectivity index (χ1n) is 16.1. The molecule has 12 nitrogen and oxygen atoms in total. The summed E-state index contributed by atoms with van der Waals surface area (Å²) in [7, 11) is 1.41. The predicted octanol–water partition coefficient (Wildman–Crippen LogP) is 4.91. The van der Waals surface area contributed by atoms with Crippen molar-refractivity contribution in [3.63, 3.8) is 0 Å². The maximum atomic E-state index is 14.4. The molecule has 1 aliphatic heterocycles. The number of piperidine rings is 1. The van der Waals surface area contributed by atoms with E-state index in [1.54, 1.807) is 25.7 Å². The molecule has 264 valence electrons. The summed E-state index contributed by atoms with van der Waals surface area (Å²) >= 11 is 0. The van der Waals surface area contributed by atoms with E-state index in [4.69, 9.17) is 14.2 Å². The average Bonchev–Trinajstić information content (AvgIpc) is 3.59. The van der Waals surface area contributed by atoms with Crippen LogP contribution in [0.15, 0.2) is 18.3 Å². The summed E-state index contributed by atoms with van der Waals surface area (Å²) in [6, 6.07) is 2.43. The average molecular weight is 683 g/mol. The highest BCUT2D eigenvalue weighted by atomic mass is 19.4. The van der Waals surface area contributed by atoms with E-state index in [2.05, 4.69) is 25.8 Å². The number of ether oxygens (including phenoxy) is 3. The molecule has 16 heteroatoms. The molecule has 2 saturated carbocycles. The summed E-state index contributed by atoms with van der Waals surface area (Å²) < 4.78 is 72.4. The Morgan fingerprint density at radius 3 is 2.42 bits per heavy atom. The Hall–Kier alpha value is -3.95. The number of nitrogens with zero attached hydrogens (tertiary/aromatic N) is 3. The van der Waals surface area contributed by atoms with Gasteiger partial charge in [-0.3, -0.25) is 14.7 Å². The van der Waals surface area contributed by atoms with E-state index >= 15 is 0 Å². The minimum absolute atomic E-state index is 0.0820. The van der Waals surface area contributed by atoms with Crippen LogP contribution in [0.3, 0.4) is 0 Å². The second-order valence-corrected chi connectivity index (χ2v) is 13.8. The molecular formula is C32H42F4N6O6. The molecule has 1 spiro atoms. The lowest BCUT2D eigenvalue weighted by molar-refractivity contribution is -0.288. The Balaban J connectivity index is 1.12. The largest absolute Gasteiger partial charge is 0.481 e. The molecule has 0 aromatic carbocycles. The molecule has 3 N–H and O–H groups in total. The third-order valence-corrected chi connectivity index (χ3v) is 9.27. The van der Waals surface area contributed by atoms with Crippen LogP contribution in [0.2, 0.25) is 0 Å². The second kappa shape index (κ2) is 13.5. The highest BCUT2D eigenvalue weighted by molar-refractivity contribution is 5.94. The van der Waals surface area contributed by atoms with Crippen molar-refractivity contribution in [3.05, 3.63) is 29.8 Å². The lowest BCUT2D eigenvalue weighted by atomic mass is 9.80. The van der Waals surface area contributed by atoms with Gasteiger partial charge in [-0.2, -0.15) is 18.3 Å². The van der Waals surface area contributed by atoms with Crippen LogP contribution in [-0.4, -0.2) is 93.8 Å². The van der Waals surface area contributed by atoms with Crippen LogP contribution in [0.25, 0.3) is 11.3 Å². The zero-order chi connectivity index (χ0) is 34.9. The molecule has 48 heavy (non-hydrogen) atoms. The number of carbonyl (C=O) groups is 3. The third kappa shape index (κ3) is 7.84. The molecule has 2 aromatic heterocycles. The minimum Gasteiger partial charge on any atom is -0.481 e. The number of hydrogen-bond donors (Lipinski definition) is 3. The molecule has 3 heterocycles. The topological polar surface area (TPSA) is 148 Å². The van der Waals surface area contributed by atoms with Crippen LogP contribution in [0, 0.1) is 11.7 Å². The fraction of sp³-hybridized carbons (Fsp3) is 0.656. The number of H-pyrrole nitrogens is 1. The number of likely N-dealkylation sites (tertiary alicyclic amines) is 1. The first-order chi connectivity index (χ1) is 22.5. The van der Waals surface area contributed by atoms with Crippen LogP contribution < -0.4 is 15.4 Å². The van der Waals surface area contributed by atoms with Gasteiger partial charge < -0.3 is 29.7 Å². The number of carbonyl (C=O) groups excluding carboxylic acids is 3. The smallest absolute Gasteiger partial charge is 0.417 e. The highest BCUT2D eigenvalue weighted by Crippen LogP contribution is 2.51. The Kier molecular flexibility index (Phi) is 9.96. The zero-order valence-corrected chi connectivity index (χ0v) is 27.5. The number of aromatic nitrogens is 3. The lowest BCUT2D eigenvalue weighted by Crippen LogP contribution is -2.55. The summed E-state index contributed by atoms with van der Waals surface area (Å²) in [4.78, 5) is 44.2. The van der Waals surface area contributed by atoms with Gasteiger partial charge >= 0.3 is 12.3 Å². The van der Waals surface area contributed by atoms with Gasteiger partial charge in [-0.05, 0) is 78.2 Å². The van der Waals surface area contributed by atoms with Gasteiger partial charge in [-0.1, -0.05) is 0 Å². The standard InChI is InChI=1S/C32H42F4N6O6/c1-29(2,3)48-28(45)37-12-14-47-31(32(34,35)36)8-5-20(6-9-31)39-26(43)19-7-13-42(30(17-19)10-11-30)27(44)24-16-23(40-41-24)21-15-25(46-4)38-18-22(21)33/h15-16,18-20H,5-14,17H2,1-4H3,(H,37,45)(H,39,43)(H,40,41)/t19-,20-,31-/m0/s1. The maximum Gasteiger partial charge on any atom is 0.417 e. The van der Waals surface area contributed by atoms with E-state index in [9.17, 15) is 31.9 Å². The molecule has 1 saturated heterocycles. The summed E-state index contributed by atoms with van der Waals surface area (Å²) in [5.41, 5.74) is -3.04. The van der Waals surface area contributed by atoms with E-state index in [1.165, 1.54) is 19.2 Å². The van der Waals surface area contributed by atoms with Crippen molar-refractivity contribution in [2.45, 2.75) is 101 Å². The van der Waals surface area contributed by atoms with Gasteiger partial charge in [0.05, 0.1) is 25.6 Å². The van der Waals surface area contributed by atoms with E-state index in [1.807, 2.05) is 0 Å².